The van der Waals surface area contributed by atoms with E-state index in [4.69, 9.17) is 14.1 Å². The number of nitrogens with one attached hydrogen (secondary N) is 1. The zero-order valence-corrected chi connectivity index (χ0v) is 14.4. The van der Waals surface area contributed by atoms with E-state index in [0.29, 0.717) is 30.1 Å². The molecule has 5 atom stereocenters. The van der Waals surface area contributed by atoms with Gasteiger partial charge in [-0.1, -0.05) is 19.0 Å². The van der Waals surface area contributed by atoms with Crippen LogP contribution in [0.15, 0.2) is 5.16 Å². The molecule has 7 heteroatoms. The molecule has 5 fully saturated rings. The van der Waals surface area contributed by atoms with Gasteiger partial charge in [0.1, 0.15) is 0 Å². The van der Waals surface area contributed by atoms with Gasteiger partial charge in [-0.3, -0.25) is 4.79 Å². The second-order valence-corrected chi connectivity index (χ2v) is 8.70. The molecule has 2 heterocycles. The summed E-state index contributed by atoms with van der Waals surface area (Å²) >= 11 is 0. The Morgan fingerprint density at radius 3 is 2.92 bits per heavy atom. The lowest BCUT2D eigenvalue weighted by atomic mass is 9.47. The summed E-state index contributed by atoms with van der Waals surface area (Å²) in [4.78, 5) is 17.5. The SMILES string of the molecule is CC1(C)[C@@H]2CC3OB(CNC(=O)C4CC(C5CC5)=NO4)OC3[C@H]1C2. The van der Waals surface area contributed by atoms with Gasteiger partial charge in [0.15, 0.2) is 0 Å². The van der Waals surface area contributed by atoms with E-state index in [-0.39, 0.29) is 25.2 Å². The molecule has 2 bridgehead atoms. The molecule has 1 amide bonds. The second-order valence-electron chi connectivity index (χ2n) is 8.70. The van der Waals surface area contributed by atoms with Gasteiger partial charge < -0.3 is 19.5 Å². The summed E-state index contributed by atoms with van der Waals surface area (Å²) < 4.78 is 12.2. The monoisotopic (exact) mass is 332 g/mol. The minimum atomic E-state index is -0.476. The third-order valence-electron chi connectivity index (χ3n) is 6.94. The average molecular weight is 332 g/mol. The molecule has 2 aliphatic heterocycles. The summed E-state index contributed by atoms with van der Waals surface area (Å²) in [7, 11) is -0.329. The molecule has 130 valence electrons. The van der Waals surface area contributed by atoms with Gasteiger partial charge in [-0.25, -0.2) is 0 Å². The molecule has 4 saturated carbocycles. The minimum Gasteiger partial charge on any atom is -0.405 e. The molecule has 3 unspecified atom stereocenters. The van der Waals surface area contributed by atoms with Gasteiger partial charge >= 0.3 is 7.12 Å². The van der Waals surface area contributed by atoms with E-state index in [1.807, 2.05) is 0 Å². The van der Waals surface area contributed by atoms with Crippen LogP contribution in [-0.4, -0.2) is 43.5 Å². The first kappa shape index (κ1) is 15.2. The minimum absolute atomic E-state index is 0.110. The van der Waals surface area contributed by atoms with Crippen molar-refractivity contribution in [3.05, 3.63) is 0 Å². The maximum absolute atomic E-state index is 12.3. The van der Waals surface area contributed by atoms with Crippen LogP contribution in [-0.2, 0) is 18.9 Å². The zero-order chi connectivity index (χ0) is 16.5. The van der Waals surface area contributed by atoms with Crippen molar-refractivity contribution in [2.24, 2.45) is 28.3 Å². The molecule has 6 nitrogen and oxygen atoms in total. The molecule has 6 aliphatic rings. The van der Waals surface area contributed by atoms with Crippen LogP contribution in [0.25, 0.3) is 0 Å². The summed E-state index contributed by atoms with van der Waals surface area (Å²) in [6, 6.07) is 0. The van der Waals surface area contributed by atoms with Crippen molar-refractivity contribution in [3.8, 4) is 0 Å². The molecule has 0 radical (unpaired) electrons. The van der Waals surface area contributed by atoms with Crippen molar-refractivity contribution >= 4 is 18.7 Å². The number of oxime groups is 1. The summed E-state index contributed by atoms with van der Waals surface area (Å²) in [6.45, 7) is 4.69. The first-order valence-corrected chi connectivity index (χ1v) is 9.33. The lowest BCUT2D eigenvalue weighted by molar-refractivity contribution is -0.150. The number of hydrogen-bond donors (Lipinski definition) is 1. The Morgan fingerprint density at radius 1 is 1.33 bits per heavy atom. The number of hydrogen-bond acceptors (Lipinski definition) is 5. The highest BCUT2D eigenvalue weighted by Crippen LogP contribution is 2.61. The highest BCUT2D eigenvalue weighted by Gasteiger charge is 2.61. The Morgan fingerprint density at radius 2 is 2.17 bits per heavy atom. The van der Waals surface area contributed by atoms with Gasteiger partial charge in [0.05, 0.1) is 24.4 Å². The predicted octanol–water partition coefficient (Wildman–Crippen LogP) is 1.53. The van der Waals surface area contributed by atoms with E-state index in [2.05, 4.69) is 24.3 Å². The number of carbonyl (C=O) groups excluding carboxylic acids is 1. The third kappa shape index (κ3) is 2.31. The summed E-state index contributed by atoms with van der Waals surface area (Å²) in [5.74, 6) is 1.79. The fourth-order valence-corrected chi connectivity index (χ4v) is 4.99. The van der Waals surface area contributed by atoms with Gasteiger partial charge in [-0.05, 0) is 42.9 Å². The van der Waals surface area contributed by atoms with Crippen LogP contribution >= 0.6 is 0 Å². The highest BCUT2D eigenvalue weighted by atomic mass is 16.7. The molecule has 1 saturated heterocycles. The van der Waals surface area contributed by atoms with Crippen LogP contribution in [0.1, 0.15) is 46.0 Å². The van der Waals surface area contributed by atoms with Crippen LogP contribution in [0.3, 0.4) is 0 Å². The van der Waals surface area contributed by atoms with Crippen LogP contribution < -0.4 is 5.32 Å². The van der Waals surface area contributed by atoms with Crippen LogP contribution in [0.4, 0.5) is 0 Å². The predicted molar refractivity (Wildman–Crippen MR) is 88.2 cm³/mol. The molecular formula is C17H25BN2O4. The number of carbonyl (C=O) groups is 1. The van der Waals surface area contributed by atoms with Gasteiger partial charge in [0.2, 0.25) is 6.10 Å². The van der Waals surface area contributed by atoms with Gasteiger partial charge in [0, 0.05) is 12.3 Å². The molecular weight excluding hydrogens is 307 g/mol. The highest BCUT2D eigenvalue weighted by molar-refractivity contribution is 6.45. The van der Waals surface area contributed by atoms with Crippen molar-refractivity contribution in [2.45, 2.75) is 64.3 Å². The van der Waals surface area contributed by atoms with Crippen molar-refractivity contribution in [1.82, 2.24) is 5.32 Å². The normalized spacial score (nSPS) is 42.0. The van der Waals surface area contributed by atoms with Crippen molar-refractivity contribution < 1.29 is 18.9 Å². The largest absolute Gasteiger partial charge is 0.478 e. The third-order valence-corrected chi connectivity index (χ3v) is 6.94. The first-order valence-electron chi connectivity index (χ1n) is 9.33. The van der Waals surface area contributed by atoms with Crippen molar-refractivity contribution in [2.75, 3.05) is 6.44 Å². The Hall–Kier alpha value is -1.08. The Bertz CT molecular complexity index is 591. The molecule has 1 N–H and O–H groups in total. The molecule has 6 rings (SSSR count). The Kier molecular flexibility index (Phi) is 3.30. The van der Waals surface area contributed by atoms with Crippen molar-refractivity contribution in [1.29, 1.82) is 0 Å². The molecule has 0 aromatic rings. The van der Waals surface area contributed by atoms with Crippen molar-refractivity contribution in [3.63, 3.8) is 0 Å². The molecule has 4 aliphatic carbocycles. The quantitative estimate of drug-likeness (QED) is 0.793. The maximum atomic E-state index is 12.3. The van der Waals surface area contributed by atoms with E-state index in [1.165, 1.54) is 19.3 Å². The lowest BCUT2D eigenvalue weighted by Crippen LogP contribution is -2.59. The summed E-state index contributed by atoms with van der Waals surface area (Å²) in [5, 5.41) is 6.98. The average Bonchev–Trinajstić information content (AvgIpc) is 3.14. The van der Waals surface area contributed by atoms with E-state index < -0.39 is 6.10 Å². The van der Waals surface area contributed by atoms with E-state index in [9.17, 15) is 4.79 Å². The van der Waals surface area contributed by atoms with E-state index in [1.54, 1.807) is 0 Å². The lowest BCUT2D eigenvalue weighted by Gasteiger charge is -2.60. The fourth-order valence-electron chi connectivity index (χ4n) is 4.99. The zero-order valence-electron chi connectivity index (χ0n) is 14.4. The van der Waals surface area contributed by atoms with Crippen LogP contribution in [0, 0.1) is 23.2 Å². The summed E-state index contributed by atoms with van der Waals surface area (Å²) in [6.07, 6.45) is 5.65. The van der Waals surface area contributed by atoms with Crippen LogP contribution in [0.2, 0.25) is 0 Å². The van der Waals surface area contributed by atoms with E-state index in [0.717, 1.165) is 18.1 Å². The second kappa shape index (κ2) is 5.21. The number of amides is 1. The van der Waals surface area contributed by atoms with Crippen LogP contribution in [0.5, 0.6) is 0 Å². The van der Waals surface area contributed by atoms with Gasteiger partial charge in [0.25, 0.3) is 5.91 Å². The van der Waals surface area contributed by atoms with E-state index >= 15 is 0 Å². The molecule has 24 heavy (non-hydrogen) atoms. The number of nitrogens with zero attached hydrogens (tertiary/aromatic N) is 1. The molecule has 0 aromatic carbocycles. The smallest absolute Gasteiger partial charge is 0.405 e. The standard InChI is InChI=1S/C17H25BN2O4/c1-17(2)10-5-11(17)15-13(6-10)22-18(23-15)8-19-16(21)14-7-12(20-24-14)9-3-4-9/h9-11,13-15H,3-8H2,1-2H3,(H,19,21)/t10-,11+,13?,14?,15?/m0/s1. The Labute approximate surface area is 142 Å². The fraction of sp³-hybridized carbons (Fsp3) is 0.882. The molecule has 0 aromatic heterocycles. The molecule has 0 spiro atoms. The first-order chi connectivity index (χ1) is 11.5. The number of rotatable bonds is 4. The van der Waals surface area contributed by atoms with Gasteiger partial charge in [-0.2, -0.15) is 0 Å². The van der Waals surface area contributed by atoms with Gasteiger partial charge in [-0.15, -0.1) is 0 Å². The maximum Gasteiger partial charge on any atom is 0.478 e. The Balaban J connectivity index is 1.11. The topological polar surface area (TPSA) is 69.2 Å². The summed E-state index contributed by atoms with van der Waals surface area (Å²) in [5.41, 5.74) is 1.42.